The summed E-state index contributed by atoms with van der Waals surface area (Å²) >= 11 is 6.70. The third kappa shape index (κ3) is 3.91. The van der Waals surface area contributed by atoms with E-state index in [2.05, 4.69) is 5.32 Å². The third-order valence-electron chi connectivity index (χ3n) is 3.72. The first-order chi connectivity index (χ1) is 12.0. The van der Waals surface area contributed by atoms with Gasteiger partial charge in [-0.25, -0.2) is 8.42 Å². The van der Waals surface area contributed by atoms with Crippen LogP contribution in [0.1, 0.15) is 17.2 Å². The summed E-state index contributed by atoms with van der Waals surface area (Å²) < 4.78 is 36.9. The van der Waals surface area contributed by atoms with Crippen LogP contribution in [0.3, 0.4) is 0 Å². The van der Waals surface area contributed by atoms with Crippen LogP contribution in [-0.2, 0) is 14.6 Å². The molecular weight excluding hydrogens is 386 g/mol. The van der Waals surface area contributed by atoms with Crippen molar-refractivity contribution in [2.45, 2.75) is 15.9 Å². The molecule has 0 saturated heterocycles. The Kier molecular flexibility index (Phi) is 5.51. The van der Waals surface area contributed by atoms with Crippen molar-refractivity contribution in [1.82, 2.24) is 5.32 Å². The third-order valence-corrected chi connectivity index (χ3v) is 7.45. The standard InChI is InChI=1S/C16H16ClNO5S2/c17-6-5-15(19)18-9-14(25(20,21)16-2-1-7-24-16)11-3-4-12-13(8-11)23-10-22-12/h1-4,7-8,14H,5-6,9-10H2,(H,18,19)/t14-/m0/s1. The Morgan fingerprint density at radius 3 is 2.80 bits per heavy atom. The van der Waals surface area contributed by atoms with Gasteiger partial charge in [-0.2, -0.15) is 0 Å². The lowest BCUT2D eigenvalue weighted by molar-refractivity contribution is -0.120. The van der Waals surface area contributed by atoms with Crippen LogP contribution in [0.15, 0.2) is 39.9 Å². The summed E-state index contributed by atoms with van der Waals surface area (Å²) in [4.78, 5) is 11.7. The van der Waals surface area contributed by atoms with E-state index < -0.39 is 15.1 Å². The molecule has 0 radical (unpaired) electrons. The molecule has 2 aromatic rings. The summed E-state index contributed by atoms with van der Waals surface area (Å²) in [6.07, 6.45) is 0.133. The lowest BCUT2D eigenvalue weighted by Crippen LogP contribution is -2.31. The van der Waals surface area contributed by atoms with Gasteiger partial charge < -0.3 is 14.8 Å². The molecule has 134 valence electrons. The molecule has 25 heavy (non-hydrogen) atoms. The molecule has 1 aromatic heterocycles. The number of hydrogen-bond acceptors (Lipinski definition) is 6. The smallest absolute Gasteiger partial charge is 0.231 e. The number of hydrogen-bond donors (Lipinski definition) is 1. The van der Waals surface area contributed by atoms with Gasteiger partial charge >= 0.3 is 0 Å². The molecule has 0 unspecified atom stereocenters. The molecule has 9 heteroatoms. The maximum absolute atomic E-state index is 13.0. The second-order valence-electron chi connectivity index (χ2n) is 5.32. The first kappa shape index (κ1) is 18.0. The van der Waals surface area contributed by atoms with Crippen molar-refractivity contribution >= 4 is 38.7 Å². The molecule has 0 saturated carbocycles. The molecule has 0 spiro atoms. The van der Waals surface area contributed by atoms with Gasteiger partial charge in [0.05, 0.1) is 0 Å². The van der Waals surface area contributed by atoms with Gasteiger partial charge in [-0.05, 0) is 29.1 Å². The highest BCUT2D eigenvalue weighted by molar-refractivity contribution is 7.93. The van der Waals surface area contributed by atoms with E-state index in [-0.39, 0.29) is 35.8 Å². The van der Waals surface area contributed by atoms with Crippen LogP contribution in [0.2, 0.25) is 0 Å². The zero-order valence-electron chi connectivity index (χ0n) is 13.1. The van der Waals surface area contributed by atoms with Gasteiger partial charge in [0, 0.05) is 18.8 Å². The van der Waals surface area contributed by atoms with Crippen molar-refractivity contribution in [3.05, 3.63) is 41.3 Å². The molecule has 1 atom stereocenters. The van der Waals surface area contributed by atoms with E-state index in [0.717, 1.165) is 11.3 Å². The minimum absolute atomic E-state index is 0.0460. The molecule has 0 fully saturated rings. The van der Waals surface area contributed by atoms with Crippen LogP contribution in [0.4, 0.5) is 0 Å². The number of carbonyl (C=O) groups is 1. The van der Waals surface area contributed by atoms with Crippen molar-refractivity contribution in [2.75, 3.05) is 19.2 Å². The van der Waals surface area contributed by atoms with Crippen molar-refractivity contribution in [3.8, 4) is 11.5 Å². The van der Waals surface area contributed by atoms with Crippen LogP contribution in [0, 0.1) is 0 Å². The topological polar surface area (TPSA) is 81.7 Å². The van der Waals surface area contributed by atoms with Crippen LogP contribution in [0.5, 0.6) is 11.5 Å². The second-order valence-corrected chi connectivity index (χ2v) is 9.00. The van der Waals surface area contributed by atoms with E-state index in [9.17, 15) is 13.2 Å². The Morgan fingerprint density at radius 1 is 1.28 bits per heavy atom. The highest BCUT2D eigenvalue weighted by Gasteiger charge is 2.31. The number of ether oxygens (including phenoxy) is 2. The SMILES string of the molecule is O=C(CCCl)NC[C@@H](c1ccc2c(c1)OCO2)S(=O)(=O)c1cccs1. The molecule has 1 N–H and O–H groups in total. The van der Waals surface area contributed by atoms with Crippen molar-refractivity contribution in [3.63, 3.8) is 0 Å². The Balaban J connectivity index is 1.93. The van der Waals surface area contributed by atoms with Gasteiger partial charge in [0.25, 0.3) is 0 Å². The van der Waals surface area contributed by atoms with Crippen LogP contribution in [0.25, 0.3) is 0 Å². The van der Waals surface area contributed by atoms with Crippen molar-refractivity contribution in [2.24, 2.45) is 0 Å². The number of halogens is 1. The largest absolute Gasteiger partial charge is 0.454 e. The van der Waals surface area contributed by atoms with E-state index in [1.807, 2.05) is 0 Å². The molecule has 1 amide bonds. The molecule has 1 aromatic carbocycles. The summed E-state index contributed by atoms with van der Waals surface area (Å²) in [5.41, 5.74) is 0.531. The molecule has 0 bridgehead atoms. The highest BCUT2D eigenvalue weighted by atomic mass is 35.5. The second kappa shape index (κ2) is 7.63. The molecule has 1 aliphatic rings. The molecule has 3 rings (SSSR count). The number of carbonyl (C=O) groups excluding carboxylic acids is 1. The van der Waals surface area contributed by atoms with E-state index in [4.69, 9.17) is 21.1 Å². The molecule has 2 heterocycles. The number of thiophene rings is 1. The van der Waals surface area contributed by atoms with Crippen LogP contribution < -0.4 is 14.8 Å². The van der Waals surface area contributed by atoms with Gasteiger partial charge in [-0.3, -0.25) is 4.79 Å². The molecule has 0 aliphatic carbocycles. The number of alkyl halides is 1. The lowest BCUT2D eigenvalue weighted by atomic mass is 10.1. The normalized spacial score (nSPS) is 14.3. The number of fused-ring (bicyclic) bond motifs is 1. The summed E-state index contributed by atoms with van der Waals surface area (Å²) in [6, 6.07) is 8.24. The fourth-order valence-corrected chi connectivity index (χ4v) is 5.49. The first-order valence-corrected chi connectivity index (χ1v) is 10.5. The van der Waals surface area contributed by atoms with Crippen molar-refractivity contribution in [1.29, 1.82) is 0 Å². The molecule has 1 aliphatic heterocycles. The summed E-state index contributed by atoms with van der Waals surface area (Å²) in [5.74, 6) is 0.957. The molecule has 6 nitrogen and oxygen atoms in total. The quantitative estimate of drug-likeness (QED) is 0.721. The monoisotopic (exact) mass is 401 g/mol. The number of amides is 1. The first-order valence-electron chi connectivity index (χ1n) is 7.52. The van der Waals surface area contributed by atoms with Gasteiger partial charge in [0.1, 0.15) is 9.46 Å². The fraction of sp³-hybridized carbons (Fsp3) is 0.312. The summed E-state index contributed by atoms with van der Waals surface area (Å²) in [6.45, 7) is 0.0587. The van der Waals surface area contributed by atoms with E-state index in [1.54, 1.807) is 35.7 Å². The van der Waals surface area contributed by atoms with Crippen LogP contribution >= 0.6 is 22.9 Å². The maximum Gasteiger partial charge on any atom is 0.231 e. The van der Waals surface area contributed by atoms with Gasteiger partial charge in [0.2, 0.25) is 12.7 Å². The number of sulfone groups is 1. The minimum atomic E-state index is -3.66. The molecular formula is C16H16ClNO5S2. The average molecular weight is 402 g/mol. The van der Waals surface area contributed by atoms with Gasteiger partial charge in [0.15, 0.2) is 21.3 Å². The highest BCUT2D eigenvalue weighted by Crippen LogP contribution is 2.38. The Hall–Kier alpha value is -1.77. The fourth-order valence-electron chi connectivity index (χ4n) is 2.47. The van der Waals surface area contributed by atoms with E-state index in [0.29, 0.717) is 17.1 Å². The zero-order valence-corrected chi connectivity index (χ0v) is 15.5. The number of nitrogens with one attached hydrogen (secondary N) is 1. The minimum Gasteiger partial charge on any atom is -0.454 e. The Labute approximate surface area is 154 Å². The van der Waals surface area contributed by atoms with Gasteiger partial charge in [-0.15, -0.1) is 22.9 Å². The Bertz CT molecular complexity index is 851. The maximum atomic E-state index is 13.0. The van der Waals surface area contributed by atoms with Crippen LogP contribution in [-0.4, -0.2) is 33.5 Å². The van der Waals surface area contributed by atoms with Gasteiger partial charge in [-0.1, -0.05) is 12.1 Å². The van der Waals surface area contributed by atoms with E-state index >= 15 is 0 Å². The van der Waals surface area contributed by atoms with E-state index in [1.165, 1.54) is 0 Å². The number of rotatable bonds is 7. The average Bonchev–Trinajstić information content (AvgIpc) is 3.26. The number of benzene rings is 1. The summed E-state index contributed by atoms with van der Waals surface area (Å²) in [5, 5.41) is 3.42. The zero-order chi connectivity index (χ0) is 17.9. The predicted molar refractivity (Wildman–Crippen MR) is 95.2 cm³/mol. The lowest BCUT2D eigenvalue weighted by Gasteiger charge is -2.18. The Morgan fingerprint density at radius 2 is 2.08 bits per heavy atom. The van der Waals surface area contributed by atoms with Crippen molar-refractivity contribution < 1.29 is 22.7 Å². The predicted octanol–water partition coefficient (Wildman–Crippen LogP) is 2.74. The summed E-state index contributed by atoms with van der Waals surface area (Å²) in [7, 11) is -3.66.